The third-order valence-corrected chi connectivity index (χ3v) is 6.73. The average Bonchev–Trinajstić information content (AvgIpc) is 3.30. The highest BCUT2D eigenvalue weighted by Gasteiger charge is 2.27. The second kappa shape index (κ2) is 12.8. The fourth-order valence-electron chi connectivity index (χ4n) is 3.17. The molecule has 0 fully saturated rings. The summed E-state index contributed by atoms with van der Waals surface area (Å²) in [5.74, 6) is -0.539. The van der Waals surface area contributed by atoms with Gasteiger partial charge in [0.1, 0.15) is 17.9 Å². The quantitative estimate of drug-likeness (QED) is 0.0812. The largest absolute Gasteiger partial charge is 0.515 e. The van der Waals surface area contributed by atoms with Gasteiger partial charge < -0.3 is 29.0 Å². The van der Waals surface area contributed by atoms with Crippen LogP contribution in [0.25, 0.3) is 11.2 Å². The summed E-state index contributed by atoms with van der Waals surface area (Å²) in [5, 5.41) is 0.454. The van der Waals surface area contributed by atoms with Gasteiger partial charge in [-0.15, -0.1) is 0 Å². The average molecular weight is 582 g/mol. The molecule has 2 heterocycles. The molecule has 2 aromatic carbocycles. The minimum Gasteiger partial charge on any atom is -0.406 e. The molecule has 0 bridgehead atoms. The maximum absolute atomic E-state index is 13.3. The number of rotatable bonds is 12. The van der Waals surface area contributed by atoms with Crippen molar-refractivity contribution in [2.45, 2.75) is 13.2 Å². The molecule has 0 amide bonds. The van der Waals surface area contributed by atoms with Crippen molar-refractivity contribution in [2.75, 3.05) is 25.5 Å². The standard InChI is InChI=1S/C23H22ClFN5O8P/c24-16-3-1-2-15(10-16)11-36-39(33,37-13-35-23(32)38-18-6-4-17(25)5-7-18)14-34-9-8-30-12-27-19-20(30)28-22(26)29-21(19)31/h1-7,10,12H,8-9,11,13-14H2,(H3,26,28,29,31). The molecule has 0 saturated carbocycles. The van der Waals surface area contributed by atoms with Crippen LogP contribution in [0.1, 0.15) is 5.56 Å². The van der Waals surface area contributed by atoms with E-state index in [-0.39, 0.29) is 42.6 Å². The van der Waals surface area contributed by atoms with Crippen molar-refractivity contribution in [1.29, 1.82) is 0 Å². The molecule has 0 radical (unpaired) electrons. The first-order chi connectivity index (χ1) is 18.7. The van der Waals surface area contributed by atoms with Crippen LogP contribution in [0.4, 0.5) is 15.1 Å². The van der Waals surface area contributed by atoms with Crippen LogP contribution in [-0.4, -0.2) is 45.4 Å². The molecule has 16 heteroatoms. The van der Waals surface area contributed by atoms with Crippen molar-refractivity contribution in [3.63, 3.8) is 0 Å². The lowest BCUT2D eigenvalue weighted by molar-refractivity contribution is 0.0154. The molecule has 0 aliphatic rings. The summed E-state index contributed by atoms with van der Waals surface area (Å²) in [6.45, 7) is -0.740. The molecule has 1 atom stereocenters. The number of imidazole rings is 1. The van der Waals surface area contributed by atoms with E-state index in [4.69, 9.17) is 40.6 Å². The Kier molecular flexibility index (Phi) is 9.28. The van der Waals surface area contributed by atoms with Crippen molar-refractivity contribution in [2.24, 2.45) is 0 Å². The first-order valence-corrected chi connectivity index (χ1v) is 13.3. The molecule has 2 aromatic heterocycles. The highest BCUT2D eigenvalue weighted by Crippen LogP contribution is 2.49. The minimum absolute atomic E-state index is 0.00118. The van der Waals surface area contributed by atoms with Crippen molar-refractivity contribution in [3.05, 3.63) is 81.6 Å². The molecule has 1 unspecified atom stereocenters. The summed E-state index contributed by atoms with van der Waals surface area (Å²) in [4.78, 5) is 34.2. The van der Waals surface area contributed by atoms with Gasteiger partial charge in [-0.25, -0.2) is 14.2 Å². The second-order valence-electron chi connectivity index (χ2n) is 7.81. The zero-order chi connectivity index (χ0) is 27.8. The number of hydrogen-bond donors (Lipinski definition) is 2. The highest BCUT2D eigenvalue weighted by molar-refractivity contribution is 7.53. The topological polar surface area (TPSA) is 170 Å². The van der Waals surface area contributed by atoms with Crippen LogP contribution in [0.3, 0.4) is 0 Å². The van der Waals surface area contributed by atoms with Crippen LogP contribution in [-0.2, 0) is 36.2 Å². The molecule has 206 valence electrons. The molecule has 0 saturated heterocycles. The Labute approximate surface area is 225 Å². The Morgan fingerprint density at radius 2 is 1.97 bits per heavy atom. The van der Waals surface area contributed by atoms with Crippen LogP contribution in [0, 0.1) is 5.82 Å². The van der Waals surface area contributed by atoms with E-state index in [1.165, 1.54) is 23.0 Å². The normalized spacial score (nSPS) is 12.8. The van der Waals surface area contributed by atoms with Crippen molar-refractivity contribution in [3.8, 4) is 5.75 Å². The predicted molar refractivity (Wildman–Crippen MR) is 137 cm³/mol. The first-order valence-electron chi connectivity index (χ1n) is 11.2. The molecule has 3 N–H and O–H groups in total. The van der Waals surface area contributed by atoms with Gasteiger partial charge >= 0.3 is 13.8 Å². The van der Waals surface area contributed by atoms with Crippen LogP contribution in [0.5, 0.6) is 5.75 Å². The van der Waals surface area contributed by atoms with Crippen LogP contribution < -0.4 is 16.0 Å². The fourth-order valence-corrected chi connectivity index (χ4v) is 4.52. The lowest BCUT2D eigenvalue weighted by Crippen LogP contribution is -2.15. The number of anilines is 1. The zero-order valence-electron chi connectivity index (χ0n) is 20.1. The number of nitrogens with two attached hydrogens (primary N) is 1. The molecule has 13 nitrogen and oxygen atoms in total. The number of halogens is 2. The number of fused-ring (bicyclic) bond motifs is 1. The van der Waals surface area contributed by atoms with Crippen molar-refractivity contribution >= 4 is 42.5 Å². The smallest absolute Gasteiger partial charge is 0.406 e. The van der Waals surface area contributed by atoms with Gasteiger partial charge in [-0.1, -0.05) is 23.7 Å². The van der Waals surface area contributed by atoms with Gasteiger partial charge in [0.05, 0.1) is 19.5 Å². The third-order valence-electron chi connectivity index (χ3n) is 4.98. The van der Waals surface area contributed by atoms with Crippen molar-refractivity contribution < 1.29 is 37.0 Å². The van der Waals surface area contributed by atoms with Crippen LogP contribution >= 0.6 is 19.2 Å². The molecular weight excluding hydrogens is 560 g/mol. The Morgan fingerprint density at radius 3 is 2.74 bits per heavy atom. The number of nitrogens with zero attached hydrogens (tertiary/aromatic N) is 3. The van der Waals surface area contributed by atoms with E-state index in [1.54, 1.807) is 24.3 Å². The summed E-state index contributed by atoms with van der Waals surface area (Å²) >= 11 is 5.99. The number of H-pyrrole nitrogens is 1. The lowest BCUT2D eigenvalue weighted by Gasteiger charge is -2.19. The molecule has 0 spiro atoms. The molecule has 0 aliphatic heterocycles. The summed E-state index contributed by atoms with van der Waals surface area (Å²) in [5.41, 5.74) is 6.08. The third kappa shape index (κ3) is 8.09. The number of nitrogen functional groups attached to an aromatic ring is 1. The van der Waals surface area contributed by atoms with E-state index in [0.29, 0.717) is 10.6 Å². The number of nitrogens with one attached hydrogen (secondary N) is 1. The number of aromatic amines is 1. The predicted octanol–water partition coefficient (Wildman–Crippen LogP) is 4.07. The van der Waals surface area contributed by atoms with Gasteiger partial charge in [0.2, 0.25) is 12.7 Å². The molecule has 4 aromatic rings. The summed E-state index contributed by atoms with van der Waals surface area (Å²) < 4.78 is 53.8. The minimum atomic E-state index is -3.98. The molecule has 39 heavy (non-hydrogen) atoms. The lowest BCUT2D eigenvalue weighted by atomic mass is 10.2. The van der Waals surface area contributed by atoms with E-state index < -0.39 is 38.3 Å². The Morgan fingerprint density at radius 1 is 1.18 bits per heavy atom. The van der Waals surface area contributed by atoms with E-state index >= 15 is 0 Å². The summed E-state index contributed by atoms with van der Waals surface area (Å²) in [7, 11) is -3.98. The molecule has 0 aliphatic carbocycles. The fraction of sp³-hybridized carbons (Fsp3) is 0.217. The van der Waals surface area contributed by atoms with Gasteiger partial charge in [0.15, 0.2) is 11.2 Å². The Bertz CT molecular complexity index is 1550. The van der Waals surface area contributed by atoms with Crippen LogP contribution in [0.15, 0.2) is 59.7 Å². The SMILES string of the molecule is Nc1nc2c(ncn2CCOCP(=O)(OCOC(=O)Oc2ccc(F)cc2)OCc2cccc(Cl)c2)c(=O)[nH]1. The summed E-state index contributed by atoms with van der Waals surface area (Å²) in [6.07, 6.45) is -0.285. The number of hydrogen-bond acceptors (Lipinski definition) is 11. The highest BCUT2D eigenvalue weighted by atomic mass is 35.5. The van der Waals surface area contributed by atoms with Gasteiger partial charge in [0.25, 0.3) is 5.56 Å². The number of benzene rings is 2. The maximum Gasteiger partial charge on any atom is 0.515 e. The number of carbonyl (C=O) groups excluding carboxylic acids is 1. The van der Waals surface area contributed by atoms with Gasteiger partial charge in [-0.2, -0.15) is 4.98 Å². The monoisotopic (exact) mass is 581 g/mol. The van der Waals surface area contributed by atoms with E-state index in [1.807, 2.05) is 0 Å². The van der Waals surface area contributed by atoms with Gasteiger partial charge in [-0.3, -0.25) is 18.9 Å². The second-order valence-corrected chi connectivity index (χ2v) is 10.2. The van der Waals surface area contributed by atoms with Gasteiger partial charge in [0, 0.05) is 11.6 Å². The van der Waals surface area contributed by atoms with Gasteiger partial charge in [-0.05, 0) is 42.0 Å². The Hall–Kier alpha value is -3.81. The van der Waals surface area contributed by atoms with Crippen molar-refractivity contribution in [1.82, 2.24) is 19.5 Å². The first kappa shape index (κ1) is 28.2. The number of carbonyl (C=O) groups is 1. The van der Waals surface area contributed by atoms with E-state index in [9.17, 15) is 18.5 Å². The molecule has 4 rings (SSSR count). The maximum atomic E-state index is 13.3. The Balaban J connectivity index is 1.34. The van der Waals surface area contributed by atoms with E-state index in [2.05, 4.69) is 15.0 Å². The molecular formula is C23H22ClFN5O8P. The zero-order valence-corrected chi connectivity index (χ0v) is 21.8. The van der Waals surface area contributed by atoms with E-state index in [0.717, 1.165) is 12.1 Å². The number of aromatic nitrogens is 4. The van der Waals surface area contributed by atoms with Crippen LogP contribution in [0.2, 0.25) is 5.02 Å². The summed E-state index contributed by atoms with van der Waals surface area (Å²) in [6, 6.07) is 11.3. The number of ether oxygens (including phenoxy) is 3.